The van der Waals surface area contributed by atoms with Crippen LogP contribution in [-0.4, -0.2) is 6.04 Å². The van der Waals surface area contributed by atoms with Crippen LogP contribution in [0.25, 0.3) is 0 Å². The molecule has 1 aromatic carbocycles. The Morgan fingerprint density at radius 3 is 2.65 bits per heavy atom. The number of nitrogens with one attached hydrogen (secondary N) is 1. The van der Waals surface area contributed by atoms with Crippen LogP contribution in [0.3, 0.4) is 0 Å². The fraction of sp³-hybridized carbons (Fsp3) is 0.684. The van der Waals surface area contributed by atoms with Gasteiger partial charge in [-0.1, -0.05) is 57.9 Å². The van der Waals surface area contributed by atoms with Crippen molar-refractivity contribution >= 4 is 0 Å². The molecule has 1 saturated carbocycles. The minimum absolute atomic E-state index is 0.367. The maximum absolute atomic E-state index is 4.05. The van der Waals surface area contributed by atoms with E-state index in [-0.39, 0.29) is 0 Å². The summed E-state index contributed by atoms with van der Waals surface area (Å²) in [7, 11) is 0. The van der Waals surface area contributed by atoms with Crippen molar-refractivity contribution in [3.05, 3.63) is 35.4 Å². The smallest absolute Gasteiger partial charge is 0.0377 e. The van der Waals surface area contributed by atoms with Gasteiger partial charge in [0, 0.05) is 12.1 Å². The van der Waals surface area contributed by atoms with Crippen LogP contribution in [0.1, 0.15) is 70.0 Å². The number of rotatable bonds is 2. The van der Waals surface area contributed by atoms with Crippen molar-refractivity contribution in [1.82, 2.24) is 5.32 Å². The summed E-state index contributed by atoms with van der Waals surface area (Å²) < 4.78 is 0. The lowest BCUT2D eigenvalue weighted by atomic mass is 9.69. The zero-order valence-corrected chi connectivity index (χ0v) is 13.3. The SMILES string of the molecule is CC1CCCCC1NC1c2ccccc2CCC1(C)C. The molecule has 0 radical (unpaired) electrons. The van der Waals surface area contributed by atoms with E-state index in [1.807, 2.05) is 0 Å². The second-order valence-corrected chi connectivity index (χ2v) is 7.66. The van der Waals surface area contributed by atoms with Gasteiger partial charge < -0.3 is 5.32 Å². The van der Waals surface area contributed by atoms with E-state index in [0.717, 1.165) is 5.92 Å². The van der Waals surface area contributed by atoms with Gasteiger partial charge in [0.1, 0.15) is 0 Å². The van der Waals surface area contributed by atoms with Gasteiger partial charge in [0.15, 0.2) is 0 Å². The fourth-order valence-electron chi connectivity index (χ4n) is 4.16. The first-order valence-electron chi connectivity index (χ1n) is 8.42. The van der Waals surface area contributed by atoms with E-state index in [0.29, 0.717) is 17.5 Å². The van der Waals surface area contributed by atoms with Gasteiger partial charge in [-0.2, -0.15) is 0 Å². The number of aryl methyl sites for hydroxylation is 1. The molecule has 20 heavy (non-hydrogen) atoms. The van der Waals surface area contributed by atoms with Gasteiger partial charge in [-0.15, -0.1) is 0 Å². The van der Waals surface area contributed by atoms with Crippen LogP contribution in [0.15, 0.2) is 24.3 Å². The van der Waals surface area contributed by atoms with Crippen LogP contribution in [-0.2, 0) is 6.42 Å². The number of benzene rings is 1. The lowest BCUT2D eigenvalue weighted by Crippen LogP contribution is -2.46. The molecule has 2 aliphatic carbocycles. The highest BCUT2D eigenvalue weighted by Gasteiger charge is 2.37. The normalized spacial score (nSPS) is 32.6. The Balaban J connectivity index is 1.85. The molecular weight excluding hydrogens is 242 g/mol. The quantitative estimate of drug-likeness (QED) is 0.809. The van der Waals surface area contributed by atoms with Crippen LogP contribution < -0.4 is 5.32 Å². The standard InChI is InChI=1S/C19H29N/c1-14-8-4-7-11-17(14)20-18-16-10-6-5-9-15(16)12-13-19(18,2)3/h5-6,9-10,14,17-18,20H,4,7-8,11-13H2,1-3H3. The molecular formula is C19H29N. The predicted octanol–water partition coefficient (Wildman–Crippen LogP) is 4.87. The third-order valence-electron chi connectivity index (χ3n) is 5.68. The van der Waals surface area contributed by atoms with Crippen molar-refractivity contribution in [2.45, 2.75) is 71.4 Å². The van der Waals surface area contributed by atoms with E-state index >= 15 is 0 Å². The Bertz CT molecular complexity index is 463. The third kappa shape index (κ3) is 2.65. The maximum atomic E-state index is 4.05. The summed E-state index contributed by atoms with van der Waals surface area (Å²) in [6.45, 7) is 7.31. The van der Waals surface area contributed by atoms with Gasteiger partial charge in [0.05, 0.1) is 0 Å². The summed E-state index contributed by atoms with van der Waals surface area (Å²) in [5.74, 6) is 0.827. The van der Waals surface area contributed by atoms with Crippen molar-refractivity contribution in [3.63, 3.8) is 0 Å². The average molecular weight is 271 g/mol. The third-order valence-corrected chi connectivity index (χ3v) is 5.68. The highest BCUT2D eigenvalue weighted by Crippen LogP contribution is 2.44. The zero-order valence-electron chi connectivity index (χ0n) is 13.3. The maximum Gasteiger partial charge on any atom is 0.0377 e. The Hall–Kier alpha value is -0.820. The summed E-state index contributed by atoms with van der Waals surface area (Å²) in [5.41, 5.74) is 3.49. The predicted molar refractivity (Wildman–Crippen MR) is 85.8 cm³/mol. The van der Waals surface area contributed by atoms with E-state index in [2.05, 4.69) is 50.4 Å². The van der Waals surface area contributed by atoms with E-state index in [1.165, 1.54) is 38.5 Å². The molecule has 0 amide bonds. The average Bonchev–Trinajstić information content (AvgIpc) is 2.44. The van der Waals surface area contributed by atoms with Gasteiger partial charge in [0.25, 0.3) is 0 Å². The minimum atomic E-state index is 0.367. The van der Waals surface area contributed by atoms with Gasteiger partial charge in [-0.3, -0.25) is 0 Å². The van der Waals surface area contributed by atoms with Gasteiger partial charge in [0.2, 0.25) is 0 Å². The van der Waals surface area contributed by atoms with Crippen LogP contribution in [0.5, 0.6) is 0 Å². The molecule has 3 rings (SSSR count). The lowest BCUT2D eigenvalue weighted by Gasteiger charge is -2.44. The molecule has 0 aromatic heterocycles. The van der Waals surface area contributed by atoms with E-state index < -0.39 is 0 Å². The minimum Gasteiger partial charge on any atom is -0.306 e. The molecule has 1 aromatic rings. The molecule has 1 fully saturated rings. The van der Waals surface area contributed by atoms with E-state index in [9.17, 15) is 0 Å². The largest absolute Gasteiger partial charge is 0.306 e. The second-order valence-electron chi connectivity index (χ2n) is 7.66. The van der Waals surface area contributed by atoms with Gasteiger partial charge >= 0.3 is 0 Å². The highest BCUT2D eigenvalue weighted by molar-refractivity contribution is 5.34. The molecule has 1 N–H and O–H groups in total. The van der Waals surface area contributed by atoms with Crippen LogP contribution >= 0.6 is 0 Å². The number of hydrogen-bond donors (Lipinski definition) is 1. The summed E-state index contributed by atoms with van der Waals surface area (Å²) in [6.07, 6.45) is 8.10. The Morgan fingerprint density at radius 1 is 1.10 bits per heavy atom. The van der Waals surface area contributed by atoms with Crippen molar-refractivity contribution < 1.29 is 0 Å². The van der Waals surface area contributed by atoms with E-state index in [1.54, 1.807) is 11.1 Å². The molecule has 3 atom stereocenters. The molecule has 0 saturated heterocycles. The van der Waals surface area contributed by atoms with Crippen LogP contribution in [0, 0.1) is 11.3 Å². The van der Waals surface area contributed by atoms with Crippen molar-refractivity contribution in [2.75, 3.05) is 0 Å². The molecule has 0 spiro atoms. The van der Waals surface area contributed by atoms with Gasteiger partial charge in [-0.05, 0) is 48.1 Å². The first-order chi connectivity index (χ1) is 9.58. The Kier molecular flexibility index (Phi) is 3.90. The summed E-state index contributed by atoms with van der Waals surface area (Å²) in [6, 6.07) is 10.3. The second kappa shape index (κ2) is 5.52. The molecule has 0 bridgehead atoms. The van der Waals surface area contributed by atoms with E-state index in [4.69, 9.17) is 0 Å². The molecule has 1 nitrogen and oxygen atoms in total. The fourth-order valence-corrected chi connectivity index (χ4v) is 4.16. The molecule has 110 valence electrons. The summed E-state index contributed by atoms with van der Waals surface area (Å²) >= 11 is 0. The number of fused-ring (bicyclic) bond motifs is 1. The molecule has 3 unspecified atom stereocenters. The van der Waals surface area contributed by atoms with Gasteiger partial charge in [-0.25, -0.2) is 0 Å². The van der Waals surface area contributed by atoms with Crippen molar-refractivity contribution in [2.24, 2.45) is 11.3 Å². The zero-order chi connectivity index (χ0) is 14.2. The number of hydrogen-bond acceptors (Lipinski definition) is 1. The first kappa shape index (κ1) is 14.1. The molecule has 0 aliphatic heterocycles. The van der Waals surface area contributed by atoms with Crippen LogP contribution in [0.2, 0.25) is 0 Å². The van der Waals surface area contributed by atoms with Crippen molar-refractivity contribution in [1.29, 1.82) is 0 Å². The Morgan fingerprint density at radius 2 is 1.85 bits per heavy atom. The summed E-state index contributed by atoms with van der Waals surface area (Å²) in [5, 5.41) is 4.05. The topological polar surface area (TPSA) is 12.0 Å². The highest BCUT2D eigenvalue weighted by atomic mass is 15.0. The first-order valence-corrected chi connectivity index (χ1v) is 8.42. The van der Waals surface area contributed by atoms with Crippen LogP contribution in [0.4, 0.5) is 0 Å². The molecule has 1 heteroatoms. The summed E-state index contributed by atoms with van der Waals surface area (Å²) in [4.78, 5) is 0. The monoisotopic (exact) mass is 271 g/mol. The lowest BCUT2D eigenvalue weighted by molar-refractivity contribution is 0.159. The molecule has 0 heterocycles. The molecule has 2 aliphatic rings. The Labute approximate surface area is 124 Å². The van der Waals surface area contributed by atoms with Crippen molar-refractivity contribution in [3.8, 4) is 0 Å².